The van der Waals surface area contributed by atoms with Crippen LogP contribution in [0.3, 0.4) is 0 Å². The van der Waals surface area contributed by atoms with E-state index in [2.05, 4.69) is 13.8 Å². The van der Waals surface area contributed by atoms with Crippen molar-refractivity contribution in [3.63, 3.8) is 0 Å². The van der Waals surface area contributed by atoms with Gasteiger partial charge in [0, 0.05) is 6.42 Å². The standard InChI is InChI=1S/C9H16O3/c1-3-7(2)4-9(10)12-6-8-5-11-8/h7-8H,3-6H2,1-2H3. The van der Waals surface area contributed by atoms with Gasteiger partial charge in [-0.25, -0.2) is 0 Å². The van der Waals surface area contributed by atoms with E-state index in [9.17, 15) is 4.79 Å². The monoisotopic (exact) mass is 172 g/mol. The molecule has 0 bridgehead atoms. The van der Waals surface area contributed by atoms with E-state index in [0.29, 0.717) is 18.9 Å². The minimum Gasteiger partial charge on any atom is -0.463 e. The van der Waals surface area contributed by atoms with Gasteiger partial charge in [0.2, 0.25) is 0 Å². The lowest BCUT2D eigenvalue weighted by Gasteiger charge is -2.06. The molecule has 2 atom stereocenters. The maximum absolute atomic E-state index is 11.1. The third kappa shape index (κ3) is 3.72. The summed E-state index contributed by atoms with van der Waals surface area (Å²) in [7, 11) is 0. The van der Waals surface area contributed by atoms with Crippen molar-refractivity contribution in [2.45, 2.75) is 32.8 Å². The topological polar surface area (TPSA) is 38.8 Å². The molecule has 0 aromatic rings. The van der Waals surface area contributed by atoms with Gasteiger partial charge in [-0.2, -0.15) is 0 Å². The summed E-state index contributed by atoms with van der Waals surface area (Å²) in [6.45, 7) is 5.31. The zero-order chi connectivity index (χ0) is 8.97. The van der Waals surface area contributed by atoms with Gasteiger partial charge >= 0.3 is 5.97 Å². The predicted octanol–water partition coefficient (Wildman–Crippen LogP) is 1.36. The van der Waals surface area contributed by atoms with Crippen LogP contribution in [0.2, 0.25) is 0 Å². The van der Waals surface area contributed by atoms with Gasteiger partial charge in [-0.05, 0) is 5.92 Å². The molecule has 0 aromatic carbocycles. The van der Waals surface area contributed by atoms with Gasteiger partial charge in [-0.15, -0.1) is 0 Å². The molecule has 1 saturated heterocycles. The maximum atomic E-state index is 11.1. The van der Waals surface area contributed by atoms with E-state index < -0.39 is 0 Å². The molecular weight excluding hydrogens is 156 g/mol. The first-order chi connectivity index (χ1) is 5.72. The summed E-state index contributed by atoms with van der Waals surface area (Å²) in [5.74, 6) is 0.331. The highest BCUT2D eigenvalue weighted by Gasteiger charge is 2.24. The van der Waals surface area contributed by atoms with Crippen molar-refractivity contribution in [3.8, 4) is 0 Å². The van der Waals surface area contributed by atoms with Gasteiger partial charge in [0.05, 0.1) is 6.61 Å². The van der Waals surface area contributed by atoms with Gasteiger partial charge in [-0.1, -0.05) is 20.3 Å². The van der Waals surface area contributed by atoms with Crippen LogP contribution in [0, 0.1) is 5.92 Å². The number of hydrogen-bond donors (Lipinski definition) is 0. The Hall–Kier alpha value is -0.570. The lowest BCUT2D eigenvalue weighted by molar-refractivity contribution is -0.145. The summed E-state index contributed by atoms with van der Waals surface area (Å²) in [6.07, 6.45) is 1.74. The molecule has 1 heterocycles. The Bertz CT molecular complexity index is 152. The Kier molecular flexibility index (Phi) is 3.53. The molecule has 0 aliphatic carbocycles. The van der Waals surface area contributed by atoms with Crippen molar-refractivity contribution in [3.05, 3.63) is 0 Å². The number of hydrogen-bond acceptors (Lipinski definition) is 3. The molecule has 0 N–H and O–H groups in total. The third-order valence-corrected chi connectivity index (χ3v) is 2.04. The van der Waals surface area contributed by atoms with Crippen LogP contribution in [0.25, 0.3) is 0 Å². The van der Waals surface area contributed by atoms with Gasteiger partial charge in [0.25, 0.3) is 0 Å². The van der Waals surface area contributed by atoms with E-state index in [-0.39, 0.29) is 12.1 Å². The van der Waals surface area contributed by atoms with Crippen LogP contribution in [0.1, 0.15) is 26.7 Å². The Balaban J connectivity index is 2.01. The number of rotatable bonds is 5. The van der Waals surface area contributed by atoms with Gasteiger partial charge in [0.1, 0.15) is 12.7 Å². The van der Waals surface area contributed by atoms with Crippen LogP contribution in [0.15, 0.2) is 0 Å². The first-order valence-electron chi connectivity index (χ1n) is 4.49. The molecule has 1 aliphatic rings. The van der Waals surface area contributed by atoms with Crippen molar-refractivity contribution >= 4 is 5.97 Å². The Morgan fingerprint density at radius 1 is 1.75 bits per heavy atom. The van der Waals surface area contributed by atoms with Gasteiger partial charge < -0.3 is 9.47 Å². The van der Waals surface area contributed by atoms with Crippen LogP contribution in [0.5, 0.6) is 0 Å². The maximum Gasteiger partial charge on any atom is 0.306 e. The molecule has 70 valence electrons. The average Bonchev–Trinajstić information content (AvgIpc) is 2.83. The highest BCUT2D eigenvalue weighted by Crippen LogP contribution is 2.11. The number of carbonyl (C=O) groups is 1. The molecule has 0 amide bonds. The van der Waals surface area contributed by atoms with E-state index in [1.165, 1.54) is 0 Å². The van der Waals surface area contributed by atoms with Crippen LogP contribution in [-0.2, 0) is 14.3 Å². The van der Waals surface area contributed by atoms with Crippen molar-refractivity contribution in [2.24, 2.45) is 5.92 Å². The average molecular weight is 172 g/mol. The van der Waals surface area contributed by atoms with Crippen LogP contribution in [-0.4, -0.2) is 25.3 Å². The number of epoxide rings is 1. The van der Waals surface area contributed by atoms with Crippen LogP contribution >= 0.6 is 0 Å². The molecule has 3 nitrogen and oxygen atoms in total. The normalized spacial score (nSPS) is 23.3. The minimum absolute atomic E-state index is 0.0974. The molecule has 0 aromatic heterocycles. The number of carbonyl (C=O) groups excluding carboxylic acids is 1. The number of esters is 1. The molecule has 2 unspecified atom stereocenters. The molecule has 1 rings (SSSR count). The van der Waals surface area contributed by atoms with E-state index in [0.717, 1.165) is 13.0 Å². The fourth-order valence-electron chi connectivity index (χ4n) is 0.838. The molecule has 0 saturated carbocycles. The SMILES string of the molecule is CCC(C)CC(=O)OCC1CO1. The predicted molar refractivity (Wildman–Crippen MR) is 44.8 cm³/mol. The van der Waals surface area contributed by atoms with Crippen LogP contribution < -0.4 is 0 Å². The lowest BCUT2D eigenvalue weighted by atomic mass is 10.1. The highest BCUT2D eigenvalue weighted by molar-refractivity contribution is 5.69. The summed E-state index contributed by atoms with van der Waals surface area (Å²) in [5.41, 5.74) is 0. The second-order valence-electron chi connectivity index (χ2n) is 3.36. The Labute approximate surface area is 73.0 Å². The fourth-order valence-corrected chi connectivity index (χ4v) is 0.838. The first kappa shape index (κ1) is 9.52. The van der Waals surface area contributed by atoms with Crippen LogP contribution in [0.4, 0.5) is 0 Å². The molecule has 1 fully saturated rings. The molecule has 0 spiro atoms. The first-order valence-corrected chi connectivity index (χ1v) is 4.49. The molecule has 12 heavy (non-hydrogen) atoms. The number of ether oxygens (including phenoxy) is 2. The summed E-state index contributed by atoms with van der Waals surface area (Å²) in [4.78, 5) is 11.1. The quantitative estimate of drug-likeness (QED) is 0.464. The van der Waals surface area contributed by atoms with E-state index in [1.54, 1.807) is 0 Å². The smallest absolute Gasteiger partial charge is 0.306 e. The van der Waals surface area contributed by atoms with E-state index in [1.807, 2.05) is 0 Å². The summed E-state index contributed by atoms with van der Waals surface area (Å²) in [6, 6.07) is 0. The third-order valence-electron chi connectivity index (χ3n) is 2.04. The van der Waals surface area contributed by atoms with E-state index in [4.69, 9.17) is 9.47 Å². The molecule has 1 aliphatic heterocycles. The van der Waals surface area contributed by atoms with Crippen molar-refractivity contribution < 1.29 is 14.3 Å². The Morgan fingerprint density at radius 3 is 2.92 bits per heavy atom. The molecule has 0 radical (unpaired) electrons. The second-order valence-corrected chi connectivity index (χ2v) is 3.36. The van der Waals surface area contributed by atoms with Crippen molar-refractivity contribution in [1.82, 2.24) is 0 Å². The van der Waals surface area contributed by atoms with E-state index >= 15 is 0 Å². The second kappa shape index (κ2) is 4.45. The highest BCUT2D eigenvalue weighted by atomic mass is 16.6. The Morgan fingerprint density at radius 2 is 2.42 bits per heavy atom. The summed E-state index contributed by atoms with van der Waals surface area (Å²) < 4.78 is 9.89. The van der Waals surface area contributed by atoms with Crippen molar-refractivity contribution in [1.29, 1.82) is 0 Å². The molecule has 3 heteroatoms. The fraction of sp³-hybridized carbons (Fsp3) is 0.889. The lowest BCUT2D eigenvalue weighted by Crippen LogP contribution is -2.12. The zero-order valence-corrected chi connectivity index (χ0v) is 7.71. The molecular formula is C9H16O3. The minimum atomic E-state index is -0.0974. The summed E-state index contributed by atoms with van der Waals surface area (Å²) in [5, 5.41) is 0. The van der Waals surface area contributed by atoms with Crippen molar-refractivity contribution in [2.75, 3.05) is 13.2 Å². The van der Waals surface area contributed by atoms with Gasteiger partial charge in [-0.3, -0.25) is 4.79 Å². The van der Waals surface area contributed by atoms with Gasteiger partial charge in [0.15, 0.2) is 0 Å². The zero-order valence-electron chi connectivity index (χ0n) is 7.71. The summed E-state index contributed by atoms with van der Waals surface area (Å²) >= 11 is 0. The largest absolute Gasteiger partial charge is 0.463 e.